The highest BCUT2D eigenvalue weighted by Gasteiger charge is 2.38. The molecule has 3 aliphatic rings. The largest absolute Gasteiger partial charge is 0.349 e. The van der Waals surface area contributed by atoms with E-state index in [1.807, 2.05) is 12.1 Å². The van der Waals surface area contributed by atoms with E-state index in [2.05, 4.69) is 31.5 Å². The maximum Gasteiger partial charge on any atom is 0.251 e. The molecule has 2 aliphatic heterocycles. The zero-order chi connectivity index (χ0) is 17.7. The van der Waals surface area contributed by atoms with Crippen molar-refractivity contribution in [2.75, 3.05) is 18.0 Å². The smallest absolute Gasteiger partial charge is 0.251 e. The molecule has 2 bridgehead atoms. The first-order valence-corrected chi connectivity index (χ1v) is 11.2. The predicted molar refractivity (Wildman–Crippen MR) is 109 cm³/mol. The van der Waals surface area contributed by atoms with Crippen LogP contribution in [0.3, 0.4) is 0 Å². The zero-order valence-electron chi connectivity index (χ0n) is 14.6. The molecule has 1 aromatic heterocycles. The molecular formula is C19H23BrN4OS. The summed E-state index contributed by atoms with van der Waals surface area (Å²) in [5, 5.41) is 7.81. The SMILES string of the molecule is O=C(NC1CCCC1)c1cc(Br)c2nc(N3C4CCC3CNC4)sc2c1. The Morgan fingerprint density at radius 2 is 1.92 bits per heavy atom. The molecule has 1 aromatic carbocycles. The summed E-state index contributed by atoms with van der Waals surface area (Å²) < 4.78 is 2.00. The number of thiazole rings is 1. The first kappa shape index (κ1) is 17.0. The van der Waals surface area contributed by atoms with Crippen LogP contribution < -0.4 is 15.5 Å². The van der Waals surface area contributed by atoms with E-state index >= 15 is 0 Å². The molecule has 2 unspecified atom stereocenters. The highest BCUT2D eigenvalue weighted by Crippen LogP contribution is 2.39. The highest BCUT2D eigenvalue weighted by atomic mass is 79.9. The maximum atomic E-state index is 12.7. The summed E-state index contributed by atoms with van der Waals surface area (Å²) in [6.07, 6.45) is 7.13. The van der Waals surface area contributed by atoms with Gasteiger partial charge in [-0.05, 0) is 53.7 Å². The van der Waals surface area contributed by atoms with Gasteiger partial charge < -0.3 is 15.5 Å². The fourth-order valence-corrected chi connectivity index (χ4v) is 6.50. The van der Waals surface area contributed by atoms with Crippen LogP contribution in [0, 0.1) is 0 Å². The van der Waals surface area contributed by atoms with E-state index in [0.717, 1.165) is 51.3 Å². The van der Waals surface area contributed by atoms with Crippen LogP contribution in [-0.2, 0) is 0 Å². The number of fused-ring (bicyclic) bond motifs is 3. The van der Waals surface area contributed by atoms with Crippen LogP contribution in [0.5, 0.6) is 0 Å². The standard InChI is InChI=1S/C19H23BrN4OS/c20-15-7-11(18(25)22-12-3-1-2-4-12)8-16-17(15)23-19(26-16)24-13-5-6-14(24)10-21-9-13/h7-8,12-14,21H,1-6,9-10H2,(H,22,25). The van der Waals surface area contributed by atoms with Crippen LogP contribution >= 0.6 is 27.3 Å². The van der Waals surface area contributed by atoms with Crippen LogP contribution in [0.2, 0.25) is 0 Å². The number of carbonyl (C=O) groups is 1. The lowest BCUT2D eigenvalue weighted by Crippen LogP contribution is -2.51. The van der Waals surface area contributed by atoms with Gasteiger partial charge in [-0.25, -0.2) is 4.98 Å². The third-order valence-electron chi connectivity index (χ3n) is 5.99. The molecule has 3 heterocycles. The van der Waals surface area contributed by atoms with Crippen LogP contribution in [0.4, 0.5) is 5.13 Å². The van der Waals surface area contributed by atoms with E-state index in [0.29, 0.717) is 18.1 Å². The number of amides is 1. The summed E-state index contributed by atoms with van der Waals surface area (Å²) in [5.74, 6) is 0.0386. The van der Waals surface area contributed by atoms with E-state index in [4.69, 9.17) is 4.98 Å². The lowest BCUT2D eigenvalue weighted by molar-refractivity contribution is 0.0938. The van der Waals surface area contributed by atoms with Gasteiger partial charge in [-0.3, -0.25) is 4.79 Å². The van der Waals surface area contributed by atoms with Gasteiger partial charge in [-0.1, -0.05) is 24.2 Å². The van der Waals surface area contributed by atoms with Crippen molar-refractivity contribution < 1.29 is 4.79 Å². The average molecular weight is 435 g/mol. The maximum absolute atomic E-state index is 12.7. The van der Waals surface area contributed by atoms with E-state index in [1.54, 1.807) is 11.3 Å². The number of anilines is 1. The van der Waals surface area contributed by atoms with Crippen LogP contribution in [-0.4, -0.2) is 42.1 Å². The second-order valence-corrected chi connectivity index (χ2v) is 9.57. The third-order valence-corrected chi connectivity index (χ3v) is 7.61. The molecular weight excluding hydrogens is 412 g/mol. The monoisotopic (exact) mass is 434 g/mol. The number of aromatic nitrogens is 1. The number of hydrogen-bond acceptors (Lipinski definition) is 5. The number of carbonyl (C=O) groups excluding carboxylic acids is 1. The molecule has 2 aromatic rings. The number of nitrogens with zero attached hydrogens (tertiary/aromatic N) is 2. The minimum Gasteiger partial charge on any atom is -0.349 e. The van der Waals surface area contributed by atoms with Crippen molar-refractivity contribution in [3.05, 3.63) is 22.2 Å². The number of benzene rings is 1. The minimum absolute atomic E-state index is 0.0386. The lowest BCUT2D eigenvalue weighted by Gasteiger charge is -2.35. The summed E-state index contributed by atoms with van der Waals surface area (Å²) in [7, 11) is 0. The molecule has 2 saturated heterocycles. The van der Waals surface area contributed by atoms with Crippen LogP contribution in [0.1, 0.15) is 48.9 Å². The van der Waals surface area contributed by atoms with Crippen molar-refractivity contribution in [1.82, 2.24) is 15.6 Å². The van der Waals surface area contributed by atoms with Gasteiger partial charge in [0.05, 0.1) is 10.2 Å². The average Bonchev–Trinajstić information content (AvgIpc) is 3.33. The lowest BCUT2D eigenvalue weighted by atomic mass is 10.1. The summed E-state index contributed by atoms with van der Waals surface area (Å²) in [6, 6.07) is 5.37. The number of piperazine rings is 1. The van der Waals surface area contributed by atoms with E-state index < -0.39 is 0 Å². The molecule has 138 valence electrons. The third kappa shape index (κ3) is 2.94. The van der Waals surface area contributed by atoms with Gasteiger partial charge in [0.2, 0.25) is 0 Å². The summed E-state index contributed by atoms with van der Waals surface area (Å²) in [5.41, 5.74) is 1.70. The van der Waals surface area contributed by atoms with Crippen molar-refractivity contribution in [1.29, 1.82) is 0 Å². The van der Waals surface area contributed by atoms with Gasteiger partial charge in [0.15, 0.2) is 5.13 Å². The van der Waals surface area contributed by atoms with Gasteiger partial charge in [0.25, 0.3) is 5.91 Å². The van der Waals surface area contributed by atoms with Gasteiger partial charge in [0, 0.05) is 41.3 Å². The summed E-state index contributed by atoms with van der Waals surface area (Å²) >= 11 is 5.36. The molecule has 1 amide bonds. The molecule has 26 heavy (non-hydrogen) atoms. The molecule has 2 N–H and O–H groups in total. The van der Waals surface area contributed by atoms with Crippen molar-refractivity contribution in [3.63, 3.8) is 0 Å². The van der Waals surface area contributed by atoms with Gasteiger partial charge in [-0.2, -0.15) is 0 Å². The Morgan fingerprint density at radius 1 is 1.19 bits per heavy atom. The Morgan fingerprint density at radius 3 is 2.65 bits per heavy atom. The molecule has 1 saturated carbocycles. The zero-order valence-corrected chi connectivity index (χ0v) is 17.0. The number of rotatable bonds is 3. The number of hydrogen-bond donors (Lipinski definition) is 2. The quantitative estimate of drug-likeness (QED) is 0.773. The highest BCUT2D eigenvalue weighted by molar-refractivity contribution is 9.10. The molecule has 5 rings (SSSR count). The molecule has 7 heteroatoms. The van der Waals surface area contributed by atoms with Crippen LogP contribution in [0.25, 0.3) is 10.2 Å². The number of halogens is 1. The first-order chi connectivity index (χ1) is 12.7. The Labute approximate surface area is 165 Å². The van der Waals surface area contributed by atoms with Crippen molar-refractivity contribution in [3.8, 4) is 0 Å². The Bertz CT molecular complexity index is 831. The van der Waals surface area contributed by atoms with E-state index in [-0.39, 0.29) is 5.91 Å². The van der Waals surface area contributed by atoms with Gasteiger partial charge >= 0.3 is 0 Å². The van der Waals surface area contributed by atoms with Crippen molar-refractivity contribution in [2.45, 2.75) is 56.7 Å². The minimum atomic E-state index is 0.0386. The van der Waals surface area contributed by atoms with Crippen molar-refractivity contribution in [2.24, 2.45) is 0 Å². The Hall–Kier alpha value is -1.18. The second kappa shape index (κ2) is 6.77. The predicted octanol–water partition coefficient (Wildman–Crippen LogP) is 3.67. The van der Waals surface area contributed by atoms with Gasteiger partial charge in [0.1, 0.15) is 0 Å². The fraction of sp³-hybridized carbons (Fsp3) is 0.579. The van der Waals surface area contributed by atoms with Crippen LogP contribution in [0.15, 0.2) is 16.6 Å². The Kier molecular flexibility index (Phi) is 4.41. The summed E-state index contributed by atoms with van der Waals surface area (Å²) in [6.45, 7) is 2.09. The topological polar surface area (TPSA) is 57.3 Å². The molecule has 0 spiro atoms. The summed E-state index contributed by atoms with van der Waals surface area (Å²) in [4.78, 5) is 20.1. The molecule has 2 atom stereocenters. The number of nitrogens with one attached hydrogen (secondary N) is 2. The molecule has 5 nitrogen and oxygen atoms in total. The van der Waals surface area contributed by atoms with E-state index in [9.17, 15) is 4.79 Å². The second-order valence-electron chi connectivity index (χ2n) is 7.71. The van der Waals surface area contributed by atoms with Crippen molar-refractivity contribution >= 4 is 48.5 Å². The van der Waals surface area contributed by atoms with Gasteiger partial charge in [-0.15, -0.1) is 0 Å². The molecule has 0 radical (unpaired) electrons. The van der Waals surface area contributed by atoms with E-state index in [1.165, 1.54) is 25.7 Å². The molecule has 3 fully saturated rings. The fourth-order valence-electron chi connectivity index (χ4n) is 4.65. The normalized spacial score (nSPS) is 26.0. The Balaban J connectivity index is 1.45. The molecule has 1 aliphatic carbocycles. The first-order valence-electron chi connectivity index (χ1n) is 9.59.